The number of furan rings is 1. The zero-order chi connectivity index (χ0) is 23.9. The molecule has 1 N–H and O–H groups in total. The summed E-state index contributed by atoms with van der Waals surface area (Å²) in [5.41, 5.74) is 0.341. The number of ether oxygens (including phenoxy) is 3. The van der Waals surface area contributed by atoms with Gasteiger partial charge in [0.2, 0.25) is 0 Å². The molecule has 3 aromatic rings. The number of para-hydroxylation sites is 1. The van der Waals surface area contributed by atoms with Gasteiger partial charge in [-0.15, -0.1) is 0 Å². The van der Waals surface area contributed by atoms with Crippen LogP contribution in [0, 0.1) is 0 Å². The van der Waals surface area contributed by atoms with Crippen molar-refractivity contribution < 1.29 is 33.0 Å². The largest absolute Gasteiger partial charge is 0.493 e. The van der Waals surface area contributed by atoms with Gasteiger partial charge >= 0.3 is 6.03 Å². The van der Waals surface area contributed by atoms with E-state index in [2.05, 4.69) is 5.32 Å². The van der Waals surface area contributed by atoms with Gasteiger partial charge in [-0.1, -0.05) is 24.3 Å². The summed E-state index contributed by atoms with van der Waals surface area (Å²) in [4.78, 5) is 38.3. The zero-order valence-electron chi connectivity index (χ0n) is 18.4. The molecular weight excluding hydrogens is 440 g/mol. The van der Waals surface area contributed by atoms with E-state index in [0.717, 1.165) is 10.6 Å². The quantitative estimate of drug-likeness (QED) is 0.295. The summed E-state index contributed by atoms with van der Waals surface area (Å²) in [7, 11) is 1.49. The standard InChI is InChI=1S/C25H22N2O7/c1-31-22-15-17(9-10-21(22)34-13-12-33-18-6-3-2-4-7-18)14-20-23(28)26-25(30)27(24(20)29)16-19-8-5-11-32-19/h2-11,14-15H,12-13,16H2,1H3,(H,26,28,30)/b20-14-. The summed E-state index contributed by atoms with van der Waals surface area (Å²) in [6, 6.07) is 16.8. The number of hydrogen-bond donors (Lipinski definition) is 1. The van der Waals surface area contributed by atoms with Gasteiger partial charge in [0.15, 0.2) is 11.5 Å². The molecule has 0 saturated carbocycles. The highest BCUT2D eigenvalue weighted by molar-refractivity contribution is 6.30. The number of nitrogens with one attached hydrogen (secondary N) is 1. The second-order valence-electron chi connectivity index (χ2n) is 7.21. The van der Waals surface area contributed by atoms with Crippen molar-refractivity contribution in [3.63, 3.8) is 0 Å². The first kappa shape index (κ1) is 22.7. The minimum atomic E-state index is -0.803. The highest BCUT2D eigenvalue weighted by Gasteiger charge is 2.36. The summed E-state index contributed by atoms with van der Waals surface area (Å²) < 4.78 is 22.0. The first-order valence-electron chi connectivity index (χ1n) is 10.4. The van der Waals surface area contributed by atoms with Crippen LogP contribution < -0.4 is 19.5 Å². The Morgan fingerprint density at radius 1 is 0.941 bits per heavy atom. The van der Waals surface area contributed by atoms with Gasteiger partial charge in [0.05, 0.1) is 19.9 Å². The Labute approximate surface area is 195 Å². The van der Waals surface area contributed by atoms with Gasteiger partial charge in [0.25, 0.3) is 11.8 Å². The molecule has 0 aliphatic carbocycles. The summed E-state index contributed by atoms with van der Waals surface area (Å²) in [5.74, 6) is 0.564. The van der Waals surface area contributed by atoms with Gasteiger partial charge in [-0.3, -0.25) is 19.8 Å². The highest BCUT2D eigenvalue weighted by atomic mass is 16.5. The second-order valence-corrected chi connectivity index (χ2v) is 7.21. The average molecular weight is 462 g/mol. The number of benzene rings is 2. The fraction of sp³-hybridized carbons (Fsp3) is 0.160. The van der Waals surface area contributed by atoms with Crippen molar-refractivity contribution in [3.05, 3.63) is 83.8 Å². The molecule has 9 nitrogen and oxygen atoms in total. The Kier molecular flexibility index (Phi) is 6.92. The van der Waals surface area contributed by atoms with Gasteiger partial charge in [-0.05, 0) is 48.0 Å². The molecule has 1 fully saturated rings. The van der Waals surface area contributed by atoms with E-state index in [1.807, 2.05) is 30.3 Å². The van der Waals surface area contributed by atoms with Crippen LogP contribution in [-0.2, 0) is 16.1 Å². The molecule has 9 heteroatoms. The van der Waals surface area contributed by atoms with Gasteiger partial charge < -0.3 is 18.6 Å². The van der Waals surface area contributed by atoms with Crippen LogP contribution in [0.4, 0.5) is 4.79 Å². The van der Waals surface area contributed by atoms with Crippen molar-refractivity contribution in [2.75, 3.05) is 20.3 Å². The molecule has 0 radical (unpaired) electrons. The normalized spacial score (nSPS) is 14.8. The van der Waals surface area contributed by atoms with Crippen molar-refractivity contribution in [2.24, 2.45) is 0 Å². The monoisotopic (exact) mass is 462 g/mol. The van der Waals surface area contributed by atoms with Crippen LogP contribution in [0.3, 0.4) is 0 Å². The van der Waals surface area contributed by atoms with E-state index >= 15 is 0 Å². The fourth-order valence-electron chi connectivity index (χ4n) is 3.28. The molecule has 0 spiro atoms. The van der Waals surface area contributed by atoms with Crippen LogP contribution in [0.5, 0.6) is 17.2 Å². The lowest BCUT2D eigenvalue weighted by molar-refractivity contribution is -0.130. The maximum atomic E-state index is 12.9. The third-order valence-electron chi connectivity index (χ3n) is 4.93. The van der Waals surface area contributed by atoms with Crippen LogP contribution in [0.25, 0.3) is 6.08 Å². The number of urea groups is 1. The number of imide groups is 2. The summed E-state index contributed by atoms with van der Waals surface area (Å²) in [6.45, 7) is 0.535. The number of rotatable bonds is 9. The first-order valence-corrected chi connectivity index (χ1v) is 10.4. The van der Waals surface area contributed by atoms with Crippen LogP contribution in [0.2, 0.25) is 0 Å². The fourth-order valence-corrected chi connectivity index (χ4v) is 3.28. The Hall–Kier alpha value is -4.53. The maximum absolute atomic E-state index is 12.9. The summed E-state index contributed by atoms with van der Waals surface area (Å²) >= 11 is 0. The summed E-state index contributed by atoms with van der Waals surface area (Å²) in [5, 5.41) is 2.18. The maximum Gasteiger partial charge on any atom is 0.331 e. The summed E-state index contributed by atoms with van der Waals surface area (Å²) in [6.07, 6.45) is 2.83. The lowest BCUT2D eigenvalue weighted by Gasteiger charge is -2.25. The number of hydrogen-bond acceptors (Lipinski definition) is 7. The number of amides is 4. The SMILES string of the molecule is COc1cc(/C=C2/C(=O)NC(=O)N(Cc3ccco3)C2=O)ccc1OCCOc1ccccc1. The molecule has 1 aliphatic heterocycles. The van der Waals surface area contributed by atoms with E-state index in [9.17, 15) is 14.4 Å². The van der Waals surface area contributed by atoms with Crippen molar-refractivity contribution in [1.82, 2.24) is 10.2 Å². The number of barbiturate groups is 1. The molecular formula is C25H22N2O7. The predicted molar refractivity (Wildman–Crippen MR) is 121 cm³/mol. The topological polar surface area (TPSA) is 107 Å². The second kappa shape index (κ2) is 10.4. The smallest absolute Gasteiger partial charge is 0.331 e. The Bertz CT molecular complexity index is 1200. The van der Waals surface area contributed by atoms with Crippen LogP contribution in [0.1, 0.15) is 11.3 Å². The zero-order valence-corrected chi connectivity index (χ0v) is 18.4. The Morgan fingerprint density at radius 2 is 1.74 bits per heavy atom. The molecule has 2 heterocycles. The van der Waals surface area contributed by atoms with E-state index in [1.54, 1.807) is 30.3 Å². The molecule has 0 atom stereocenters. The van der Waals surface area contributed by atoms with Gasteiger partial charge in [0.1, 0.15) is 30.3 Å². The van der Waals surface area contributed by atoms with Crippen LogP contribution in [-0.4, -0.2) is 43.1 Å². The lowest BCUT2D eigenvalue weighted by atomic mass is 10.1. The number of carbonyl (C=O) groups excluding carboxylic acids is 3. The van der Waals surface area contributed by atoms with Gasteiger partial charge in [-0.25, -0.2) is 4.79 Å². The third-order valence-corrected chi connectivity index (χ3v) is 4.93. The van der Waals surface area contributed by atoms with Gasteiger partial charge in [-0.2, -0.15) is 0 Å². The van der Waals surface area contributed by atoms with E-state index in [0.29, 0.717) is 29.4 Å². The van der Waals surface area contributed by atoms with E-state index in [-0.39, 0.29) is 18.7 Å². The minimum absolute atomic E-state index is 0.0938. The number of nitrogens with zero attached hydrogens (tertiary/aromatic N) is 1. The highest BCUT2D eigenvalue weighted by Crippen LogP contribution is 2.29. The molecule has 4 rings (SSSR count). The molecule has 2 aromatic carbocycles. The van der Waals surface area contributed by atoms with Crippen molar-refractivity contribution >= 4 is 23.9 Å². The molecule has 34 heavy (non-hydrogen) atoms. The molecule has 1 saturated heterocycles. The molecule has 1 aromatic heterocycles. The van der Waals surface area contributed by atoms with Crippen LogP contribution >= 0.6 is 0 Å². The van der Waals surface area contributed by atoms with Crippen molar-refractivity contribution in [3.8, 4) is 17.2 Å². The predicted octanol–water partition coefficient (Wildman–Crippen LogP) is 3.41. The Morgan fingerprint density at radius 3 is 2.47 bits per heavy atom. The molecule has 1 aliphatic rings. The van der Waals surface area contributed by atoms with E-state index in [4.69, 9.17) is 18.6 Å². The van der Waals surface area contributed by atoms with Crippen LogP contribution in [0.15, 0.2) is 76.9 Å². The number of carbonyl (C=O) groups is 3. The molecule has 0 unspecified atom stereocenters. The Balaban J connectivity index is 1.45. The van der Waals surface area contributed by atoms with Crippen molar-refractivity contribution in [2.45, 2.75) is 6.54 Å². The van der Waals surface area contributed by atoms with Gasteiger partial charge in [0, 0.05) is 0 Å². The van der Waals surface area contributed by atoms with E-state index in [1.165, 1.54) is 19.4 Å². The lowest BCUT2D eigenvalue weighted by Crippen LogP contribution is -2.53. The molecule has 4 amide bonds. The number of methoxy groups -OCH3 is 1. The van der Waals surface area contributed by atoms with E-state index < -0.39 is 17.8 Å². The molecule has 0 bridgehead atoms. The first-order chi connectivity index (χ1) is 16.5. The third kappa shape index (κ3) is 5.26. The minimum Gasteiger partial charge on any atom is -0.493 e. The average Bonchev–Trinajstić information content (AvgIpc) is 3.36. The molecule has 174 valence electrons. The van der Waals surface area contributed by atoms with Crippen molar-refractivity contribution in [1.29, 1.82) is 0 Å².